The second-order valence-corrected chi connectivity index (χ2v) is 5.47. The molecular formula is C18H18F2O. The Labute approximate surface area is 122 Å². The quantitative estimate of drug-likeness (QED) is 0.594. The molecule has 110 valence electrons. The van der Waals surface area contributed by atoms with Crippen molar-refractivity contribution >= 4 is 21.9 Å². The molecule has 0 atom stereocenters. The number of halogens is 2. The van der Waals surface area contributed by atoms with E-state index in [1.807, 2.05) is 26.0 Å². The normalized spacial score (nSPS) is 11.6. The van der Waals surface area contributed by atoms with Gasteiger partial charge in [0.15, 0.2) is 22.8 Å². The first kappa shape index (κ1) is 14.1. The van der Waals surface area contributed by atoms with Crippen LogP contribution in [0.4, 0.5) is 8.78 Å². The van der Waals surface area contributed by atoms with E-state index in [9.17, 15) is 8.78 Å². The minimum atomic E-state index is -0.413. The second-order valence-electron chi connectivity index (χ2n) is 5.47. The highest BCUT2D eigenvalue weighted by Gasteiger charge is 2.17. The summed E-state index contributed by atoms with van der Waals surface area (Å²) in [6.07, 6.45) is 3.26. The Morgan fingerprint density at radius 2 is 1.67 bits per heavy atom. The molecule has 0 aliphatic heterocycles. The van der Waals surface area contributed by atoms with E-state index in [1.54, 1.807) is 6.07 Å². The van der Waals surface area contributed by atoms with Gasteiger partial charge >= 0.3 is 0 Å². The molecule has 0 spiro atoms. The van der Waals surface area contributed by atoms with Crippen LogP contribution >= 0.6 is 0 Å². The van der Waals surface area contributed by atoms with Gasteiger partial charge < -0.3 is 4.42 Å². The first-order valence-corrected chi connectivity index (χ1v) is 7.47. The molecular weight excluding hydrogens is 270 g/mol. The monoisotopic (exact) mass is 288 g/mol. The molecule has 21 heavy (non-hydrogen) atoms. The fourth-order valence-electron chi connectivity index (χ4n) is 2.86. The van der Waals surface area contributed by atoms with E-state index in [1.165, 1.54) is 6.07 Å². The van der Waals surface area contributed by atoms with Crippen molar-refractivity contribution < 1.29 is 13.2 Å². The number of hydrogen-bond acceptors (Lipinski definition) is 1. The number of hydrogen-bond donors (Lipinski definition) is 0. The van der Waals surface area contributed by atoms with Crippen molar-refractivity contribution in [2.24, 2.45) is 0 Å². The Morgan fingerprint density at radius 1 is 0.905 bits per heavy atom. The SMILES string of the molecule is CCCc1cc(F)c2oc3c(F)c(CCC)ccc3c2c1. The Morgan fingerprint density at radius 3 is 2.38 bits per heavy atom. The van der Waals surface area contributed by atoms with Gasteiger partial charge in [-0.25, -0.2) is 8.78 Å². The molecule has 0 aliphatic carbocycles. The molecule has 0 amide bonds. The van der Waals surface area contributed by atoms with E-state index >= 15 is 0 Å². The van der Waals surface area contributed by atoms with Crippen LogP contribution in [0, 0.1) is 11.6 Å². The van der Waals surface area contributed by atoms with Crippen LogP contribution in [0.2, 0.25) is 0 Å². The number of benzene rings is 2. The van der Waals surface area contributed by atoms with Gasteiger partial charge in [0.2, 0.25) is 0 Å². The van der Waals surface area contributed by atoms with E-state index in [2.05, 4.69) is 0 Å². The summed E-state index contributed by atoms with van der Waals surface area (Å²) < 4.78 is 34.1. The summed E-state index contributed by atoms with van der Waals surface area (Å²) in [5, 5.41) is 1.31. The highest BCUT2D eigenvalue weighted by Crippen LogP contribution is 2.34. The average molecular weight is 288 g/mol. The van der Waals surface area contributed by atoms with Gasteiger partial charge in [-0.1, -0.05) is 32.8 Å². The number of rotatable bonds is 4. The molecule has 2 aromatic carbocycles. The predicted molar refractivity (Wildman–Crippen MR) is 81.6 cm³/mol. The zero-order valence-electron chi connectivity index (χ0n) is 12.3. The standard InChI is InChI=1S/C18H18F2O/c1-3-5-11-9-14-13-8-7-12(6-4-2)16(20)18(13)21-17(14)15(19)10-11/h7-10H,3-6H2,1-2H3. The molecule has 0 saturated carbocycles. The molecule has 1 heterocycles. The lowest BCUT2D eigenvalue weighted by Gasteiger charge is -2.01. The van der Waals surface area contributed by atoms with Crippen LogP contribution in [0.1, 0.15) is 37.8 Å². The zero-order valence-corrected chi connectivity index (χ0v) is 12.3. The molecule has 1 aromatic heterocycles. The molecule has 1 nitrogen and oxygen atoms in total. The Bertz CT molecular complexity index is 802. The maximum Gasteiger partial charge on any atom is 0.171 e. The second kappa shape index (κ2) is 5.47. The van der Waals surface area contributed by atoms with Crippen molar-refractivity contribution in [3.05, 3.63) is 47.0 Å². The number of furan rings is 1. The summed E-state index contributed by atoms with van der Waals surface area (Å²) in [7, 11) is 0. The lowest BCUT2D eigenvalue weighted by molar-refractivity contribution is 0.550. The first-order valence-electron chi connectivity index (χ1n) is 7.47. The molecule has 0 fully saturated rings. The summed E-state index contributed by atoms with van der Waals surface area (Å²) in [6.45, 7) is 4.05. The third-order valence-corrected chi connectivity index (χ3v) is 3.83. The molecule has 3 rings (SSSR count). The van der Waals surface area contributed by atoms with Crippen molar-refractivity contribution in [1.29, 1.82) is 0 Å². The van der Waals surface area contributed by atoms with Gasteiger partial charge in [0.1, 0.15) is 0 Å². The largest absolute Gasteiger partial charge is 0.450 e. The van der Waals surface area contributed by atoms with Crippen molar-refractivity contribution in [3.63, 3.8) is 0 Å². The van der Waals surface area contributed by atoms with Gasteiger partial charge in [-0.15, -0.1) is 0 Å². The number of aryl methyl sites for hydroxylation is 2. The Hall–Kier alpha value is -1.90. The average Bonchev–Trinajstić information content (AvgIpc) is 2.83. The van der Waals surface area contributed by atoms with Gasteiger partial charge in [0, 0.05) is 10.8 Å². The molecule has 0 aliphatic rings. The van der Waals surface area contributed by atoms with Crippen LogP contribution in [-0.2, 0) is 12.8 Å². The molecule has 0 radical (unpaired) electrons. The van der Waals surface area contributed by atoms with E-state index < -0.39 is 5.82 Å². The van der Waals surface area contributed by atoms with E-state index in [0.29, 0.717) is 22.8 Å². The highest BCUT2D eigenvalue weighted by atomic mass is 19.1. The van der Waals surface area contributed by atoms with Crippen LogP contribution in [-0.4, -0.2) is 0 Å². The topological polar surface area (TPSA) is 13.1 Å². The summed E-state index contributed by atoms with van der Waals surface area (Å²) in [4.78, 5) is 0. The fourth-order valence-corrected chi connectivity index (χ4v) is 2.86. The molecule has 3 aromatic rings. The number of fused-ring (bicyclic) bond motifs is 3. The summed E-state index contributed by atoms with van der Waals surface area (Å²) >= 11 is 0. The van der Waals surface area contributed by atoms with Crippen LogP contribution in [0.5, 0.6) is 0 Å². The van der Waals surface area contributed by atoms with Gasteiger partial charge in [0.05, 0.1) is 0 Å². The molecule has 3 heteroatoms. The lowest BCUT2D eigenvalue weighted by atomic mass is 10.0. The first-order chi connectivity index (χ1) is 10.2. The van der Waals surface area contributed by atoms with Gasteiger partial charge in [-0.05, 0) is 42.2 Å². The maximum absolute atomic E-state index is 14.5. The molecule has 0 bridgehead atoms. The van der Waals surface area contributed by atoms with Crippen LogP contribution in [0.25, 0.3) is 21.9 Å². The third-order valence-electron chi connectivity index (χ3n) is 3.83. The van der Waals surface area contributed by atoms with Gasteiger partial charge in [-0.3, -0.25) is 0 Å². The summed E-state index contributed by atoms with van der Waals surface area (Å²) in [6, 6.07) is 7.01. The van der Waals surface area contributed by atoms with E-state index in [4.69, 9.17) is 4.42 Å². The van der Waals surface area contributed by atoms with E-state index in [0.717, 1.165) is 24.8 Å². The van der Waals surface area contributed by atoms with Crippen LogP contribution in [0.15, 0.2) is 28.7 Å². The Balaban J connectivity index is 2.29. The van der Waals surface area contributed by atoms with Crippen molar-refractivity contribution in [2.75, 3.05) is 0 Å². The van der Waals surface area contributed by atoms with Gasteiger partial charge in [-0.2, -0.15) is 0 Å². The fraction of sp³-hybridized carbons (Fsp3) is 0.333. The lowest BCUT2D eigenvalue weighted by Crippen LogP contribution is -1.89. The predicted octanol–water partition coefficient (Wildman–Crippen LogP) is 5.77. The smallest absolute Gasteiger partial charge is 0.171 e. The van der Waals surface area contributed by atoms with Gasteiger partial charge in [0.25, 0.3) is 0 Å². The van der Waals surface area contributed by atoms with Crippen molar-refractivity contribution in [1.82, 2.24) is 0 Å². The maximum atomic E-state index is 14.5. The van der Waals surface area contributed by atoms with Crippen LogP contribution < -0.4 is 0 Å². The minimum Gasteiger partial charge on any atom is -0.450 e. The highest BCUT2D eigenvalue weighted by molar-refractivity contribution is 6.05. The van der Waals surface area contributed by atoms with E-state index in [-0.39, 0.29) is 17.0 Å². The third kappa shape index (κ3) is 2.31. The summed E-state index contributed by atoms with van der Waals surface area (Å²) in [5.74, 6) is -0.773. The van der Waals surface area contributed by atoms with Crippen molar-refractivity contribution in [2.45, 2.75) is 39.5 Å². The molecule has 0 unspecified atom stereocenters. The minimum absolute atomic E-state index is 0.150. The molecule has 0 N–H and O–H groups in total. The summed E-state index contributed by atoms with van der Waals surface area (Å²) in [5.41, 5.74) is 1.86. The Kier molecular flexibility index (Phi) is 3.66. The van der Waals surface area contributed by atoms with Crippen molar-refractivity contribution in [3.8, 4) is 0 Å². The van der Waals surface area contributed by atoms with Crippen LogP contribution in [0.3, 0.4) is 0 Å². The zero-order chi connectivity index (χ0) is 15.0. The molecule has 0 saturated heterocycles.